The van der Waals surface area contributed by atoms with Crippen LogP contribution < -0.4 is 5.01 Å². The van der Waals surface area contributed by atoms with E-state index in [1.165, 1.54) is 0 Å². The van der Waals surface area contributed by atoms with Crippen LogP contribution in [-0.4, -0.2) is 10.7 Å². The van der Waals surface area contributed by atoms with Crippen molar-refractivity contribution in [3.8, 4) is 11.3 Å². The van der Waals surface area contributed by atoms with E-state index in [0.29, 0.717) is 0 Å². The summed E-state index contributed by atoms with van der Waals surface area (Å²) < 4.78 is 6.78. The Morgan fingerprint density at radius 3 is 2.54 bits per heavy atom. The van der Waals surface area contributed by atoms with Crippen molar-refractivity contribution in [3.05, 3.63) is 94.2 Å². The van der Waals surface area contributed by atoms with Gasteiger partial charge < -0.3 is 4.42 Å². The number of thiazole rings is 1. The molecule has 0 bridgehead atoms. The number of hydrogen-bond acceptors (Lipinski definition) is 5. The van der Waals surface area contributed by atoms with Crippen molar-refractivity contribution >= 4 is 38.1 Å². The van der Waals surface area contributed by atoms with Gasteiger partial charge in [0.1, 0.15) is 11.8 Å². The van der Waals surface area contributed by atoms with Gasteiger partial charge in [0.05, 0.1) is 17.7 Å². The standard InChI is InChI=1S/C22H16BrN3OS/c23-17-10-8-16(9-11-17)18-13-20(21-7-4-12-27-21)26(25-18)22-24-19(14-28-22)15-5-2-1-3-6-15/h1-12,14,20H,13H2. The Kier molecular flexibility index (Phi) is 4.58. The molecule has 3 heterocycles. The van der Waals surface area contributed by atoms with E-state index >= 15 is 0 Å². The number of anilines is 1. The summed E-state index contributed by atoms with van der Waals surface area (Å²) in [6, 6.07) is 22.4. The van der Waals surface area contributed by atoms with Crippen molar-refractivity contribution in [2.75, 3.05) is 5.01 Å². The van der Waals surface area contributed by atoms with Crippen LogP contribution in [0.2, 0.25) is 0 Å². The van der Waals surface area contributed by atoms with Crippen molar-refractivity contribution in [3.63, 3.8) is 0 Å². The fraction of sp³-hybridized carbons (Fsp3) is 0.0909. The predicted octanol–water partition coefficient (Wildman–Crippen LogP) is 6.52. The largest absolute Gasteiger partial charge is 0.467 e. The highest BCUT2D eigenvalue weighted by atomic mass is 79.9. The second-order valence-electron chi connectivity index (χ2n) is 6.51. The van der Waals surface area contributed by atoms with E-state index in [1.807, 2.05) is 47.5 Å². The maximum Gasteiger partial charge on any atom is 0.207 e. The van der Waals surface area contributed by atoms with E-state index in [4.69, 9.17) is 14.5 Å². The van der Waals surface area contributed by atoms with E-state index in [-0.39, 0.29) is 6.04 Å². The van der Waals surface area contributed by atoms with Crippen LogP contribution in [-0.2, 0) is 0 Å². The van der Waals surface area contributed by atoms with E-state index in [9.17, 15) is 0 Å². The van der Waals surface area contributed by atoms with Crippen molar-refractivity contribution in [2.24, 2.45) is 5.10 Å². The Morgan fingerprint density at radius 1 is 0.964 bits per heavy atom. The molecule has 138 valence electrons. The van der Waals surface area contributed by atoms with Crippen LogP contribution in [0.5, 0.6) is 0 Å². The Labute approximate surface area is 175 Å². The molecule has 1 aliphatic heterocycles. The molecule has 4 nitrogen and oxygen atoms in total. The number of nitrogens with zero attached hydrogens (tertiary/aromatic N) is 3. The molecule has 2 aromatic carbocycles. The summed E-state index contributed by atoms with van der Waals surface area (Å²) >= 11 is 5.10. The number of hydrogen-bond donors (Lipinski definition) is 0. The topological polar surface area (TPSA) is 41.6 Å². The molecule has 4 aromatic rings. The zero-order chi connectivity index (χ0) is 18.9. The molecule has 0 N–H and O–H groups in total. The summed E-state index contributed by atoms with van der Waals surface area (Å²) in [4.78, 5) is 4.85. The molecule has 5 rings (SSSR count). The normalized spacial score (nSPS) is 16.4. The summed E-state index contributed by atoms with van der Waals surface area (Å²) in [6.07, 6.45) is 2.48. The van der Waals surface area contributed by atoms with Crippen LogP contribution in [0.1, 0.15) is 23.8 Å². The third-order valence-electron chi connectivity index (χ3n) is 4.72. The number of rotatable bonds is 4. The molecule has 0 aliphatic carbocycles. The first-order valence-corrected chi connectivity index (χ1v) is 10.6. The Hall–Kier alpha value is -2.70. The van der Waals surface area contributed by atoms with Gasteiger partial charge in [-0.2, -0.15) is 5.10 Å². The minimum atomic E-state index is 0.00317. The molecule has 0 radical (unpaired) electrons. The number of halogens is 1. The average Bonchev–Trinajstić information content (AvgIpc) is 3.48. The maximum atomic E-state index is 5.72. The van der Waals surface area contributed by atoms with Crippen molar-refractivity contribution in [1.29, 1.82) is 0 Å². The highest BCUT2D eigenvalue weighted by Gasteiger charge is 2.33. The van der Waals surface area contributed by atoms with Gasteiger partial charge in [-0.05, 0) is 29.8 Å². The van der Waals surface area contributed by atoms with E-state index in [0.717, 1.165) is 44.3 Å². The molecule has 0 saturated carbocycles. The average molecular weight is 450 g/mol. The molecule has 28 heavy (non-hydrogen) atoms. The summed E-state index contributed by atoms with van der Waals surface area (Å²) in [5.41, 5.74) is 4.22. The van der Waals surface area contributed by atoms with Crippen molar-refractivity contribution < 1.29 is 4.42 Å². The zero-order valence-corrected chi connectivity index (χ0v) is 17.2. The first kappa shape index (κ1) is 17.4. The molecule has 1 unspecified atom stereocenters. The van der Waals surface area contributed by atoms with E-state index < -0.39 is 0 Å². The van der Waals surface area contributed by atoms with Gasteiger partial charge in [0.25, 0.3) is 0 Å². The molecule has 2 aromatic heterocycles. The van der Waals surface area contributed by atoms with Gasteiger partial charge in [0, 0.05) is 21.8 Å². The lowest BCUT2D eigenvalue weighted by Gasteiger charge is -2.18. The quantitative estimate of drug-likeness (QED) is 0.355. The fourth-order valence-corrected chi connectivity index (χ4v) is 4.41. The Balaban J connectivity index is 1.52. The molecule has 0 amide bonds. The summed E-state index contributed by atoms with van der Waals surface area (Å²) in [5.74, 6) is 0.896. The lowest BCUT2D eigenvalue weighted by atomic mass is 10.0. The number of benzene rings is 2. The third-order valence-corrected chi connectivity index (χ3v) is 6.08. The monoisotopic (exact) mass is 449 g/mol. The smallest absolute Gasteiger partial charge is 0.207 e. The van der Waals surface area contributed by atoms with Crippen LogP contribution in [0.15, 0.2) is 92.4 Å². The van der Waals surface area contributed by atoms with Gasteiger partial charge >= 0.3 is 0 Å². The van der Waals surface area contributed by atoms with Gasteiger partial charge in [0.15, 0.2) is 0 Å². The predicted molar refractivity (Wildman–Crippen MR) is 117 cm³/mol. The minimum absolute atomic E-state index is 0.00317. The summed E-state index contributed by atoms with van der Waals surface area (Å²) in [6.45, 7) is 0. The molecular weight excluding hydrogens is 434 g/mol. The highest BCUT2D eigenvalue weighted by Crippen LogP contribution is 2.39. The van der Waals surface area contributed by atoms with Crippen LogP contribution in [0, 0.1) is 0 Å². The molecule has 0 saturated heterocycles. The third kappa shape index (κ3) is 3.30. The SMILES string of the molecule is Brc1ccc(C2=NN(c3nc(-c4ccccc4)cs3)C(c3ccco3)C2)cc1. The van der Waals surface area contributed by atoms with E-state index in [1.54, 1.807) is 17.6 Å². The second-order valence-corrected chi connectivity index (χ2v) is 8.27. The van der Waals surface area contributed by atoms with Crippen LogP contribution >= 0.6 is 27.3 Å². The van der Waals surface area contributed by atoms with Crippen LogP contribution in [0.25, 0.3) is 11.3 Å². The Bertz CT molecular complexity index is 1100. The molecule has 1 aliphatic rings. The van der Waals surface area contributed by atoms with E-state index in [2.05, 4.69) is 45.6 Å². The lowest BCUT2D eigenvalue weighted by Crippen LogP contribution is -2.17. The van der Waals surface area contributed by atoms with Crippen LogP contribution in [0.3, 0.4) is 0 Å². The summed E-state index contributed by atoms with van der Waals surface area (Å²) in [7, 11) is 0. The number of hydrazone groups is 1. The number of furan rings is 1. The van der Waals surface area contributed by atoms with Crippen LogP contribution in [0.4, 0.5) is 5.13 Å². The van der Waals surface area contributed by atoms with Gasteiger partial charge in [-0.25, -0.2) is 9.99 Å². The van der Waals surface area contributed by atoms with Crippen molar-refractivity contribution in [1.82, 2.24) is 4.98 Å². The molecule has 6 heteroatoms. The maximum absolute atomic E-state index is 5.72. The number of aromatic nitrogens is 1. The summed E-state index contributed by atoms with van der Waals surface area (Å²) in [5, 5.41) is 9.87. The van der Waals surface area contributed by atoms with Gasteiger partial charge in [-0.3, -0.25) is 0 Å². The molecule has 0 fully saturated rings. The zero-order valence-electron chi connectivity index (χ0n) is 14.8. The van der Waals surface area contributed by atoms with Gasteiger partial charge in [-0.15, -0.1) is 11.3 Å². The van der Waals surface area contributed by atoms with Gasteiger partial charge in [-0.1, -0.05) is 58.4 Å². The molecule has 0 spiro atoms. The first-order chi connectivity index (χ1) is 13.8. The molecule has 1 atom stereocenters. The first-order valence-electron chi connectivity index (χ1n) is 8.95. The highest BCUT2D eigenvalue weighted by molar-refractivity contribution is 9.10. The second kappa shape index (κ2) is 7.37. The van der Waals surface area contributed by atoms with Crippen molar-refractivity contribution in [2.45, 2.75) is 12.5 Å². The Morgan fingerprint density at radius 2 is 1.79 bits per heavy atom. The lowest BCUT2D eigenvalue weighted by molar-refractivity contribution is 0.465. The van der Waals surface area contributed by atoms with Gasteiger partial charge in [0.2, 0.25) is 5.13 Å². The molecular formula is C22H16BrN3OS. The minimum Gasteiger partial charge on any atom is -0.467 e. The fourth-order valence-electron chi connectivity index (χ4n) is 3.32.